The lowest BCUT2D eigenvalue weighted by Crippen LogP contribution is -2.30. The highest BCUT2D eigenvalue weighted by Gasteiger charge is 2.24. The topological polar surface area (TPSA) is 26.0 Å². The van der Waals surface area contributed by atoms with Crippen LogP contribution in [0, 0.1) is 17.2 Å². The van der Waals surface area contributed by atoms with Crippen LogP contribution in [0.4, 0.5) is 4.39 Å². The summed E-state index contributed by atoms with van der Waals surface area (Å²) in [5, 5.41) is 0. The van der Waals surface area contributed by atoms with E-state index < -0.39 is 0 Å². The maximum Gasteiger partial charge on any atom is 0.126 e. The molecular weight excluding hydrogens is 189 g/mol. The molecule has 0 aliphatic carbocycles. The minimum absolute atomic E-state index is 0.122. The molecule has 1 aromatic carbocycles. The lowest BCUT2D eigenvalue weighted by atomic mass is 9.77. The van der Waals surface area contributed by atoms with Gasteiger partial charge in [-0.05, 0) is 35.9 Å². The SMILES string of the molecule is CC(C)(C)C(CN)Cc1ccccc1F. The second-order valence-electron chi connectivity index (χ2n) is 5.09. The Morgan fingerprint density at radius 3 is 2.33 bits per heavy atom. The molecule has 0 aliphatic heterocycles. The molecule has 1 atom stereocenters. The molecule has 0 heterocycles. The van der Waals surface area contributed by atoms with E-state index in [-0.39, 0.29) is 11.2 Å². The number of hydrogen-bond acceptors (Lipinski definition) is 1. The van der Waals surface area contributed by atoms with Crippen LogP contribution in [0.25, 0.3) is 0 Å². The van der Waals surface area contributed by atoms with Crippen LogP contribution in [0.1, 0.15) is 26.3 Å². The summed E-state index contributed by atoms with van der Waals surface area (Å²) in [6.07, 6.45) is 0.715. The molecule has 0 spiro atoms. The molecular formula is C13H20FN. The van der Waals surface area contributed by atoms with E-state index in [4.69, 9.17) is 5.73 Å². The van der Waals surface area contributed by atoms with E-state index >= 15 is 0 Å². The van der Waals surface area contributed by atoms with Crippen molar-refractivity contribution in [3.8, 4) is 0 Å². The van der Waals surface area contributed by atoms with Crippen LogP contribution in [-0.2, 0) is 6.42 Å². The molecule has 1 aromatic rings. The quantitative estimate of drug-likeness (QED) is 0.813. The molecule has 1 rings (SSSR count). The Morgan fingerprint density at radius 1 is 1.27 bits per heavy atom. The van der Waals surface area contributed by atoms with Gasteiger partial charge >= 0.3 is 0 Å². The van der Waals surface area contributed by atoms with Gasteiger partial charge in [0.2, 0.25) is 0 Å². The molecule has 0 saturated heterocycles. The molecule has 84 valence electrons. The molecule has 0 bridgehead atoms. The average Bonchev–Trinajstić information content (AvgIpc) is 2.14. The molecule has 15 heavy (non-hydrogen) atoms. The molecule has 0 saturated carbocycles. The number of hydrogen-bond donors (Lipinski definition) is 1. The molecule has 0 radical (unpaired) electrons. The van der Waals surface area contributed by atoms with Crippen LogP contribution < -0.4 is 5.73 Å². The van der Waals surface area contributed by atoms with Gasteiger partial charge in [0.1, 0.15) is 5.82 Å². The predicted molar refractivity (Wildman–Crippen MR) is 62.1 cm³/mol. The smallest absolute Gasteiger partial charge is 0.126 e. The zero-order valence-electron chi connectivity index (χ0n) is 9.76. The third-order valence-electron chi connectivity index (χ3n) is 2.93. The summed E-state index contributed by atoms with van der Waals surface area (Å²) in [4.78, 5) is 0. The van der Waals surface area contributed by atoms with Crippen LogP contribution in [0.3, 0.4) is 0 Å². The fourth-order valence-electron chi connectivity index (χ4n) is 1.67. The van der Waals surface area contributed by atoms with Crippen LogP contribution in [0.5, 0.6) is 0 Å². The normalized spacial score (nSPS) is 13.9. The lowest BCUT2D eigenvalue weighted by Gasteiger charge is -2.29. The van der Waals surface area contributed by atoms with Crippen molar-refractivity contribution < 1.29 is 4.39 Å². The summed E-state index contributed by atoms with van der Waals surface area (Å²) in [5.74, 6) is 0.189. The molecule has 0 amide bonds. The number of rotatable bonds is 3. The summed E-state index contributed by atoms with van der Waals surface area (Å²) in [7, 11) is 0. The van der Waals surface area contributed by atoms with Crippen molar-refractivity contribution in [2.24, 2.45) is 17.1 Å². The molecule has 0 aliphatic rings. The maximum absolute atomic E-state index is 13.4. The van der Waals surface area contributed by atoms with E-state index in [2.05, 4.69) is 20.8 Å². The Balaban J connectivity index is 2.80. The van der Waals surface area contributed by atoms with Crippen molar-refractivity contribution in [1.29, 1.82) is 0 Å². The Bertz CT molecular complexity index is 315. The van der Waals surface area contributed by atoms with E-state index in [0.717, 1.165) is 5.56 Å². The van der Waals surface area contributed by atoms with Gasteiger partial charge in [0, 0.05) is 0 Å². The van der Waals surface area contributed by atoms with Gasteiger partial charge in [-0.25, -0.2) is 4.39 Å². The van der Waals surface area contributed by atoms with Gasteiger partial charge in [-0.15, -0.1) is 0 Å². The second kappa shape index (κ2) is 4.75. The zero-order valence-corrected chi connectivity index (χ0v) is 9.76. The zero-order chi connectivity index (χ0) is 11.5. The number of benzene rings is 1. The molecule has 2 heteroatoms. The highest BCUT2D eigenvalue weighted by molar-refractivity contribution is 5.18. The van der Waals surface area contributed by atoms with E-state index in [1.54, 1.807) is 6.07 Å². The van der Waals surface area contributed by atoms with Crippen molar-refractivity contribution in [2.75, 3.05) is 6.54 Å². The van der Waals surface area contributed by atoms with Crippen molar-refractivity contribution >= 4 is 0 Å². The van der Waals surface area contributed by atoms with Gasteiger partial charge in [-0.2, -0.15) is 0 Å². The average molecular weight is 209 g/mol. The highest BCUT2D eigenvalue weighted by atomic mass is 19.1. The number of nitrogens with two attached hydrogens (primary N) is 1. The van der Waals surface area contributed by atoms with E-state index in [9.17, 15) is 4.39 Å². The fourth-order valence-corrected chi connectivity index (χ4v) is 1.67. The molecule has 0 aromatic heterocycles. The first-order valence-electron chi connectivity index (χ1n) is 5.38. The Morgan fingerprint density at radius 2 is 1.87 bits per heavy atom. The van der Waals surface area contributed by atoms with Crippen molar-refractivity contribution in [2.45, 2.75) is 27.2 Å². The van der Waals surface area contributed by atoms with Gasteiger partial charge in [0.05, 0.1) is 0 Å². The summed E-state index contributed by atoms with van der Waals surface area (Å²) in [6, 6.07) is 6.93. The summed E-state index contributed by atoms with van der Waals surface area (Å²) in [6.45, 7) is 7.03. The lowest BCUT2D eigenvalue weighted by molar-refractivity contribution is 0.244. The molecule has 2 N–H and O–H groups in total. The number of halogens is 1. The van der Waals surface area contributed by atoms with E-state index in [1.807, 2.05) is 12.1 Å². The third kappa shape index (κ3) is 3.31. The third-order valence-corrected chi connectivity index (χ3v) is 2.93. The van der Waals surface area contributed by atoms with Gasteiger partial charge in [0.25, 0.3) is 0 Å². The van der Waals surface area contributed by atoms with Crippen LogP contribution in [0.2, 0.25) is 0 Å². The van der Waals surface area contributed by atoms with Crippen LogP contribution >= 0.6 is 0 Å². The summed E-state index contributed by atoms with van der Waals surface area (Å²) >= 11 is 0. The Kier molecular flexibility index (Phi) is 3.86. The van der Waals surface area contributed by atoms with Crippen LogP contribution in [0.15, 0.2) is 24.3 Å². The predicted octanol–water partition coefficient (Wildman–Crippen LogP) is 2.99. The van der Waals surface area contributed by atoms with E-state index in [0.29, 0.717) is 18.9 Å². The first-order chi connectivity index (χ1) is 6.95. The van der Waals surface area contributed by atoms with Gasteiger partial charge in [-0.1, -0.05) is 39.0 Å². The minimum Gasteiger partial charge on any atom is -0.330 e. The van der Waals surface area contributed by atoms with Crippen molar-refractivity contribution in [3.63, 3.8) is 0 Å². The largest absolute Gasteiger partial charge is 0.330 e. The Labute approximate surface area is 91.5 Å². The first-order valence-corrected chi connectivity index (χ1v) is 5.38. The van der Waals surface area contributed by atoms with Gasteiger partial charge in [0.15, 0.2) is 0 Å². The highest BCUT2D eigenvalue weighted by Crippen LogP contribution is 2.28. The van der Waals surface area contributed by atoms with Crippen molar-refractivity contribution in [3.05, 3.63) is 35.6 Å². The first kappa shape index (κ1) is 12.2. The maximum atomic E-state index is 13.4. The second-order valence-corrected chi connectivity index (χ2v) is 5.09. The van der Waals surface area contributed by atoms with E-state index in [1.165, 1.54) is 6.07 Å². The minimum atomic E-state index is -0.125. The van der Waals surface area contributed by atoms with Crippen molar-refractivity contribution in [1.82, 2.24) is 0 Å². The van der Waals surface area contributed by atoms with Gasteiger partial charge in [-0.3, -0.25) is 0 Å². The molecule has 1 unspecified atom stereocenters. The standard InChI is InChI=1S/C13H20FN/c1-13(2,3)11(9-15)8-10-6-4-5-7-12(10)14/h4-7,11H,8-9,15H2,1-3H3. The summed E-state index contributed by atoms with van der Waals surface area (Å²) < 4.78 is 13.4. The molecule has 0 fully saturated rings. The van der Waals surface area contributed by atoms with Crippen LogP contribution in [-0.4, -0.2) is 6.54 Å². The van der Waals surface area contributed by atoms with Gasteiger partial charge < -0.3 is 5.73 Å². The molecule has 1 nitrogen and oxygen atoms in total. The monoisotopic (exact) mass is 209 g/mol. The summed E-state index contributed by atoms with van der Waals surface area (Å²) in [5.41, 5.74) is 6.62. The Hall–Kier alpha value is -0.890. The fraction of sp³-hybridized carbons (Fsp3) is 0.538.